The topological polar surface area (TPSA) is 60.2 Å². The number of piperidine rings is 1. The van der Waals surface area contributed by atoms with Crippen molar-refractivity contribution in [2.45, 2.75) is 45.2 Å². The number of carboxylic acids is 1. The standard InChI is InChI=1S/C20H33N3O3/c1-3-17-5-6-18(26-17)15-22-9-8-19(16(14-22)4-7-20(24)25)23-12-10-21(2)11-13-23/h5-6,16,19H,3-4,7-15H2,1-2H3,(H,24,25)/t16-,19+/m1/s1. The molecule has 1 aromatic heterocycles. The Morgan fingerprint density at radius 3 is 2.58 bits per heavy atom. The number of carbonyl (C=O) groups is 1. The largest absolute Gasteiger partial charge is 0.481 e. The minimum Gasteiger partial charge on any atom is -0.481 e. The minimum absolute atomic E-state index is 0.267. The molecule has 2 aliphatic rings. The predicted molar refractivity (Wildman–Crippen MR) is 101 cm³/mol. The fraction of sp³-hybridized carbons (Fsp3) is 0.750. The number of furan rings is 1. The van der Waals surface area contributed by atoms with Gasteiger partial charge in [-0.25, -0.2) is 0 Å². The maximum Gasteiger partial charge on any atom is 0.303 e. The summed E-state index contributed by atoms with van der Waals surface area (Å²) in [5.41, 5.74) is 0. The van der Waals surface area contributed by atoms with Crippen molar-refractivity contribution in [2.24, 2.45) is 5.92 Å². The zero-order chi connectivity index (χ0) is 18.5. The van der Waals surface area contributed by atoms with Gasteiger partial charge in [-0.3, -0.25) is 14.6 Å². The summed E-state index contributed by atoms with van der Waals surface area (Å²) < 4.78 is 5.87. The van der Waals surface area contributed by atoms with Crippen molar-refractivity contribution < 1.29 is 14.3 Å². The van der Waals surface area contributed by atoms with Crippen molar-refractivity contribution in [3.8, 4) is 0 Å². The Labute approximate surface area is 156 Å². The van der Waals surface area contributed by atoms with Gasteiger partial charge in [0, 0.05) is 58.2 Å². The van der Waals surface area contributed by atoms with E-state index in [1.165, 1.54) is 0 Å². The van der Waals surface area contributed by atoms with E-state index in [4.69, 9.17) is 9.52 Å². The van der Waals surface area contributed by atoms with Gasteiger partial charge < -0.3 is 14.4 Å². The van der Waals surface area contributed by atoms with Crippen molar-refractivity contribution in [3.63, 3.8) is 0 Å². The highest BCUT2D eigenvalue weighted by Gasteiger charge is 2.34. The average molecular weight is 364 g/mol. The van der Waals surface area contributed by atoms with Gasteiger partial charge in [-0.2, -0.15) is 0 Å². The van der Waals surface area contributed by atoms with E-state index < -0.39 is 5.97 Å². The van der Waals surface area contributed by atoms with Gasteiger partial charge >= 0.3 is 5.97 Å². The van der Waals surface area contributed by atoms with Crippen molar-refractivity contribution >= 4 is 5.97 Å². The fourth-order valence-electron chi connectivity index (χ4n) is 4.38. The summed E-state index contributed by atoms with van der Waals surface area (Å²) in [6.07, 6.45) is 3.08. The first-order valence-corrected chi connectivity index (χ1v) is 9.99. The molecule has 3 rings (SSSR count). The van der Waals surface area contributed by atoms with Crippen molar-refractivity contribution in [1.29, 1.82) is 0 Å². The molecule has 0 saturated carbocycles. The van der Waals surface area contributed by atoms with Crippen LogP contribution >= 0.6 is 0 Å². The van der Waals surface area contributed by atoms with E-state index in [1.807, 2.05) is 0 Å². The van der Waals surface area contributed by atoms with E-state index in [1.54, 1.807) is 0 Å². The summed E-state index contributed by atoms with van der Waals surface area (Å²) in [7, 11) is 2.18. The second kappa shape index (κ2) is 9.02. The maximum atomic E-state index is 11.1. The van der Waals surface area contributed by atoms with Crippen LogP contribution in [0.1, 0.15) is 37.7 Å². The number of aliphatic carboxylic acids is 1. The first-order valence-electron chi connectivity index (χ1n) is 9.99. The SMILES string of the molecule is CCc1ccc(CN2CC[C@H](N3CCN(C)CC3)[C@H](CCC(=O)O)C2)o1. The van der Waals surface area contributed by atoms with Crippen molar-refractivity contribution in [1.82, 2.24) is 14.7 Å². The van der Waals surface area contributed by atoms with E-state index in [9.17, 15) is 4.79 Å². The molecule has 2 fully saturated rings. The number of likely N-dealkylation sites (tertiary alicyclic amines) is 1. The second-order valence-electron chi connectivity index (χ2n) is 7.84. The van der Waals surface area contributed by atoms with Crippen LogP contribution in [0.2, 0.25) is 0 Å². The van der Waals surface area contributed by atoms with Crippen molar-refractivity contribution in [2.75, 3.05) is 46.3 Å². The lowest BCUT2D eigenvalue weighted by molar-refractivity contribution is -0.137. The first-order chi connectivity index (χ1) is 12.5. The number of piperazine rings is 1. The van der Waals surface area contributed by atoms with Crippen LogP contribution in [-0.4, -0.2) is 78.1 Å². The zero-order valence-corrected chi connectivity index (χ0v) is 16.2. The number of hydrogen-bond donors (Lipinski definition) is 1. The number of rotatable bonds is 7. The van der Waals surface area contributed by atoms with Crippen molar-refractivity contribution in [3.05, 3.63) is 23.7 Å². The molecular weight excluding hydrogens is 330 g/mol. The minimum atomic E-state index is -0.683. The van der Waals surface area contributed by atoms with Crippen LogP contribution in [0.15, 0.2) is 16.5 Å². The fourth-order valence-corrected chi connectivity index (χ4v) is 4.38. The summed E-state index contributed by atoms with van der Waals surface area (Å²) in [4.78, 5) is 18.5. The van der Waals surface area contributed by atoms with Gasteiger partial charge in [-0.15, -0.1) is 0 Å². The molecule has 146 valence electrons. The lowest BCUT2D eigenvalue weighted by atomic mass is 9.86. The first kappa shape index (κ1) is 19.4. The van der Waals surface area contributed by atoms with Crippen LogP contribution in [0.3, 0.4) is 0 Å². The molecule has 2 saturated heterocycles. The molecule has 0 amide bonds. The molecule has 0 radical (unpaired) electrons. The highest BCUT2D eigenvalue weighted by Crippen LogP contribution is 2.28. The molecule has 0 unspecified atom stereocenters. The van der Waals surface area contributed by atoms with Crippen LogP contribution in [0.4, 0.5) is 0 Å². The molecule has 3 heterocycles. The third-order valence-electron chi connectivity index (χ3n) is 5.96. The average Bonchev–Trinajstić information content (AvgIpc) is 3.08. The van der Waals surface area contributed by atoms with Gasteiger partial charge in [0.15, 0.2) is 0 Å². The van der Waals surface area contributed by atoms with Gasteiger partial charge in [-0.05, 0) is 37.9 Å². The molecular formula is C20H33N3O3. The molecule has 0 spiro atoms. The van der Waals surface area contributed by atoms with Gasteiger partial charge in [0.25, 0.3) is 0 Å². The Kier molecular flexibility index (Phi) is 6.73. The van der Waals surface area contributed by atoms with Gasteiger partial charge in [0.2, 0.25) is 0 Å². The molecule has 6 nitrogen and oxygen atoms in total. The van der Waals surface area contributed by atoms with E-state index >= 15 is 0 Å². The molecule has 0 aliphatic carbocycles. The van der Waals surface area contributed by atoms with Crippen LogP contribution in [-0.2, 0) is 17.8 Å². The summed E-state index contributed by atoms with van der Waals surface area (Å²) in [5.74, 6) is 1.80. The Bertz CT molecular complexity index is 581. The van der Waals surface area contributed by atoms with E-state index in [0.29, 0.717) is 12.0 Å². The van der Waals surface area contributed by atoms with E-state index in [-0.39, 0.29) is 6.42 Å². The molecule has 0 aromatic carbocycles. The van der Waals surface area contributed by atoms with Crippen LogP contribution in [0.25, 0.3) is 0 Å². The molecule has 0 bridgehead atoms. The lowest BCUT2D eigenvalue weighted by Crippen LogP contribution is -2.56. The molecule has 2 atom stereocenters. The van der Waals surface area contributed by atoms with Crippen LogP contribution < -0.4 is 0 Å². The molecule has 2 aliphatic heterocycles. The smallest absolute Gasteiger partial charge is 0.303 e. The third-order valence-corrected chi connectivity index (χ3v) is 5.96. The van der Waals surface area contributed by atoms with Gasteiger partial charge in [0.1, 0.15) is 11.5 Å². The number of nitrogens with zero attached hydrogens (tertiary/aromatic N) is 3. The van der Waals surface area contributed by atoms with E-state index in [2.05, 4.69) is 40.8 Å². The Balaban J connectivity index is 1.61. The Hall–Kier alpha value is -1.37. The number of likely N-dealkylation sites (N-methyl/N-ethyl adjacent to an activating group) is 1. The predicted octanol–water partition coefficient (Wildman–Crippen LogP) is 2.14. The number of carboxylic acid groups (broad SMARTS) is 1. The second-order valence-corrected chi connectivity index (χ2v) is 7.84. The quantitative estimate of drug-likeness (QED) is 0.801. The molecule has 1 aromatic rings. The van der Waals surface area contributed by atoms with E-state index in [0.717, 1.165) is 76.6 Å². The molecule has 26 heavy (non-hydrogen) atoms. The number of aryl methyl sites for hydroxylation is 1. The monoisotopic (exact) mass is 363 g/mol. The molecule has 1 N–H and O–H groups in total. The molecule has 6 heteroatoms. The summed E-state index contributed by atoms with van der Waals surface area (Å²) >= 11 is 0. The Morgan fingerprint density at radius 1 is 1.19 bits per heavy atom. The summed E-state index contributed by atoms with van der Waals surface area (Å²) in [6, 6.07) is 4.66. The Morgan fingerprint density at radius 2 is 1.92 bits per heavy atom. The maximum absolute atomic E-state index is 11.1. The lowest BCUT2D eigenvalue weighted by Gasteiger charge is -2.46. The van der Waals surface area contributed by atoms with Crippen LogP contribution in [0.5, 0.6) is 0 Å². The summed E-state index contributed by atoms with van der Waals surface area (Å²) in [6.45, 7) is 9.38. The third kappa shape index (κ3) is 5.09. The zero-order valence-electron chi connectivity index (χ0n) is 16.2. The van der Waals surface area contributed by atoms with Gasteiger partial charge in [-0.1, -0.05) is 6.92 Å². The summed E-state index contributed by atoms with van der Waals surface area (Å²) in [5, 5.41) is 9.16. The normalized spacial score (nSPS) is 26.2. The number of hydrogen-bond acceptors (Lipinski definition) is 5. The van der Waals surface area contributed by atoms with Gasteiger partial charge in [0.05, 0.1) is 6.54 Å². The highest BCUT2D eigenvalue weighted by molar-refractivity contribution is 5.66. The van der Waals surface area contributed by atoms with Crippen LogP contribution in [0, 0.1) is 5.92 Å². The highest BCUT2D eigenvalue weighted by atomic mass is 16.4.